The van der Waals surface area contributed by atoms with Crippen LogP contribution in [0.5, 0.6) is 0 Å². The number of carbonyl (C=O) groups is 1. The van der Waals surface area contributed by atoms with Gasteiger partial charge in [0.15, 0.2) is 0 Å². The van der Waals surface area contributed by atoms with Crippen LogP contribution in [0.2, 0.25) is 0 Å². The number of benzene rings is 2. The quantitative estimate of drug-likeness (QED) is 0.840. The van der Waals surface area contributed by atoms with Crippen LogP contribution >= 0.6 is 15.9 Å². The van der Waals surface area contributed by atoms with Crippen molar-refractivity contribution in [1.82, 2.24) is 4.90 Å². The Bertz CT molecular complexity index is 690. The Balaban J connectivity index is 1.97. The predicted octanol–water partition coefficient (Wildman–Crippen LogP) is 2.68. The summed E-state index contributed by atoms with van der Waals surface area (Å²) in [5, 5.41) is 13.7. The third-order valence-corrected chi connectivity index (χ3v) is 4.23. The van der Waals surface area contributed by atoms with Crippen molar-refractivity contribution in [2.45, 2.75) is 12.3 Å². The average molecular weight is 347 g/mol. The van der Waals surface area contributed by atoms with E-state index in [4.69, 9.17) is 0 Å². The molecule has 0 saturated heterocycles. The first kappa shape index (κ1) is 14.3. The Kier molecular flexibility index (Phi) is 3.57. The fourth-order valence-electron chi connectivity index (χ4n) is 2.60. The number of amides is 1. The number of anilines is 1. The second kappa shape index (κ2) is 5.26. The minimum Gasteiger partial charge on any atom is -0.364 e. The van der Waals surface area contributed by atoms with Gasteiger partial charge < -0.3 is 10.4 Å². The van der Waals surface area contributed by atoms with Gasteiger partial charge in [0.2, 0.25) is 5.72 Å². The number of hydrogen-bond donors (Lipinski definition) is 2. The number of fused-ring (bicyclic) bond motifs is 1. The maximum absolute atomic E-state index is 12.3. The lowest BCUT2D eigenvalue weighted by molar-refractivity contribution is -0.156. The van der Waals surface area contributed by atoms with E-state index < -0.39 is 11.6 Å². The lowest BCUT2D eigenvalue weighted by atomic mass is 10.0. The number of carbonyl (C=O) groups excluding carboxylic acids is 1. The molecule has 0 unspecified atom stereocenters. The molecule has 21 heavy (non-hydrogen) atoms. The molecule has 1 heterocycles. The standard InChI is InChI=1S/C16H15BrN2O2/c1-19(10-11-5-3-2-4-6-11)16(21)13-9-12(17)7-8-14(13)18-15(16)20/h2-9,21H,10H2,1H3,(H,18,20)/t16-/m1/s1. The number of nitrogens with one attached hydrogen (secondary N) is 1. The van der Waals surface area contributed by atoms with Crippen molar-refractivity contribution in [3.8, 4) is 0 Å². The van der Waals surface area contributed by atoms with Crippen LogP contribution in [-0.2, 0) is 17.1 Å². The Morgan fingerprint density at radius 3 is 2.67 bits per heavy atom. The fraction of sp³-hybridized carbons (Fsp3) is 0.188. The molecule has 0 fully saturated rings. The van der Waals surface area contributed by atoms with Crippen molar-refractivity contribution < 1.29 is 9.90 Å². The first-order chi connectivity index (χ1) is 10.0. The lowest BCUT2D eigenvalue weighted by Gasteiger charge is -2.32. The van der Waals surface area contributed by atoms with Crippen LogP contribution in [0.1, 0.15) is 11.1 Å². The van der Waals surface area contributed by atoms with Crippen molar-refractivity contribution in [3.05, 3.63) is 64.1 Å². The summed E-state index contributed by atoms with van der Waals surface area (Å²) >= 11 is 3.38. The van der Waals surface area contributed by atoms with Crippen molar-refractivity contribution in [2.24, 2.45) is 0 Å². The molecule has 4 nitrogen and oxygen atoms in total. The van der Waals surface area contributed by atoms with Crippen LogP contribution < -0.4 is 5.32 Å². The smallest absolute Gasteiger partial charge is 0.276 e. The van der Waals surface area contributed by atoms with Gasteiger partial charge >= 0.3 is 0 Å². The molecule has 1 atom stereocenters. The summed E-state index contributed by atoms with van der Waals surface area (Å²) in [5.41, 5.74) is 0.588. The van der Waals surface area contributed by atoms with E-state index in [1.807, 2.05) is 36.4 Å². The summed E-state index contributed by atoms with van der Waals surface area (Å²) in [6, 6.07) is 15.1. The molecule has 0 aliphatic carbocycles. The van der Waals surface area contributed by atoms with E-state index in [9.17, 15) is 9.90 Å². The zero-order valence-corrected chi connectivity index (χ0v) is 13.1. The molecule has 2 aromatic carbocycles. The first-order valence-electron chi connectivity index (χ1n) is 6.61. The number of halogens is 1. The van der Waals surface area contributed by atoms with Crippen molar-refractivity contribution in [1.29, 1.82) is 0 Å². The molecule has 0 spiro atoms. The molecule has 5 heteroatoms. The molecule has 1 aliphatic rings. The van der Waals surface area contributed by atoms with Gasteiger partial charge in [-0.2, -0.15) is 0 Å². The van der Waals surface area contributed by atoms with Crippen LogP contribution in [0, 0.1) is 0 Å². The maximum Gasteiger partial charge on any atom is 0.276 e. The highest BCUT2D eigenvalue weighted by Crippen LogP contribution is 2.39. The van der Waals surface area contributed by atoms with E-state index >= 15 is 0 Å². The number of hydrogen-bond acceptors (Lipinski definition) is 3. The van der Waals surface area contributed by atoms with Gasteiger partial charge in [-0.3, -0.25) is 9.69 Å². The Morgan fingerprint density at radius 1 is 1.24 bits per heavy atom. The number of rotatable bonds is 3. The van der Waals surface area contributed by atoms with Gasteiger partial charge in [-0.15, -0.1) is 0 Å². The molecule has 0 saturated carbocycles. The largest absolute Gasteiger partial charge is 0.364 e. The van der Waals surface area contributed by atoms with Gasteiger partial charge in [-0.1, -0.05) is 46.3 Å². The summed E-state index contributed by atoms with van der Waals surface area (Å²) in [5.74, 6) is -0.422. The molecule has 1 amide bonds. The lowest BCUT2D eigenvalue weighted by Crippen LogP contribution is -2.48. The van der Waals surface area contributed by atoms with Gasteiger partial charge in [-0.25, -0.2) is 0 Å². The SMILES string of the molecule is CN(Cc1ccccc1)[C@]1(O)C(=O)Nc2ccc(Br)cc21. The molecule has 0 bridgehead atoms. The summed E-state index contributed by atoms with van der Waals surface area (Å²) in [4.78, 5) is 13.9. The molecule has 0 radical (unpaired) electrons. The molecular formula is C16H15BrN2O2. The van der Waals surface area contributed by atoms with Crippen LogP contribution in [0.25, 0.3) is 0 Å². The third-order valence-electron chi connectivity index (χ3n) is 3.74. The number of likely N-dealkylation sites (N-methyl/N-ethyl adjacent to an activating group) is 1. The van der Waals surface area contributed by atoms with Crippen molar-refractivity contribution in [2.75, 3.05) is 12.4 Å². The van der Waals surface area contributed by atoms with Gasteiger partial charge in [0.25, 0.3) is 5.91 Å². The van der Waals surface area contributed by atoms with E-state index in [0.717, 1.165) is 10.0 Å². The normalized spacial score (nSPS) is 20.5. The Labute approximate surface area is 131 Å². The summed E-state index contributed by atoms with van der Waals surface area (Å²) < 4.78 is 0.823. The monoisotopic (exact) mass is 346 g/mol. The van der Waals surface area contributed by atoms with E-state index in [0.29, 0.717) is 17.8 Å². The highest BCUT2D eigenvalue weighted by atomic mass is 79.9. The molecule has 1 aliphatic heterocycles. The predicted molar refractivity (Wildman–Crippen MR) is 84.6 cm³/mol. The van der Waals surface area contributed by atoms with Gasteiger partial charge in [0, 0.05) is 22.3 Å². The second-order valence-corrected chi connectivity index (χ2v) is 6.07. The van der Waals surface area contributed by atoms with E-state index in [2.05, 4.69) is 21.2 Å². The minimum atomic E-state index is -1.66. The van der Waals surface area contributed by atoms with Crippen molar-refractivity contribution >= 4 is 27.5 Å². The van der Waals surface area contributed by atoms with E-state index in [1.54, 1.807) is 24.1 Å². The van der Waals surface area contributed by atoms with Gasteiger partial charge in [0.1, 0.15) is 0 Å². The fourth-order valence-corrected chi connectivity index (χ4v) is 2.96. The molecular weight excluding hydrogens is 332 g/mol. The molecule has 0 aromatic heterocycles. The zero-order chi connectivity index (χ0) is 15.0. The average Bonchev–Trinajstić information content (AvgIpc) is 2.73. The Hall–Kier alpha value is -1.69. The maximum atomic E-state index is 12.3. The first-order valence-corrected chi connectivity index (χ1v) is 7.40. The zero-order valence-electron chi connectivity index (χ0n) is 11.5. The molecule has 2 aromatic rings. The highest BCUT2D eigenvalue weighted by Gasteiger charge is 2.48. The van der Waals surface area contributed by atoms with Gasteiger partial charge in [0.05, 0.1) is 0 Å². The molecule has 2 N–H and O–H groups in total. The summed E-state index contributed by atoms with van der Waals surface area (Å²) in [6.45, 7) is 0.469. The third kappa shape index (κ3) is 2.37. The number of aliphatic hydroxyl groups is 1. The number of nitrogens with zero attached hydrogens (tertiary/aromatic N) is 1. The van der Waals surface area contributed by atoms with E-state index in [-0.39, 0.29) is 0 Å². The van der Waals surface area contributed by atoms with Crippen LogP contribution in [0.15, 0.2) is 53.0 Å². The minimum absolute atomic E-state index is 0.422. The van der Waals surface area contributed by atoms with Crippen LogP contribution in [0.3, 0.4) is 0 Å². The molecule has 3 rings (SSSR count). The highest BCUT2D eigenvalue weighted by molar-refractivity contribution is 9.10. The topological polar surface area (TPSA) is 52.6 Å². The summed E-state index contributed by atoms with van der Waals surface area (Å²) in [6.07, 6.45) is 0. The van der Waals surface area contributed by atoms with Crippen LogP contribution in [0.4, 0.5) is 5.69 Å². The summed E-state index contributed by atoms with van der Waals surface area (Å²) in [7, 11) is 1.74. The van der Waals surface area contributed by atoms with Gasteiger partial charge in [-0.05, 0) is 30.8 Å². The van der Waals surface area contributed by atoms with E-state index in [1.165, 1.54) is 0 Å². The Morgan fingerprint density at radius 2 is 1.95 bits per heavy atom. The van der Waals surface area contributed by atoms with Crippen molar-refractivity contribution in [3.63, 3.8) is 0 Å². The second-order valence-electron chi connectivity index (χ2n) is 5.16. The molecule has 108 valence electrons. The van der Waals surface area contributed by atoms with Crippen LogP contribution in [-0.4, -0.2) is 23.0 Å².